The molecule has 0 aliphatic carbocycles. The van der Waals surface area contributed by atoms with Gasteiger partial charge in [-0.1, -0.05) is 0 Å². The molecule has 0 radical (unpaired) electrons. The van der Waals surface area contributed by atoms with Gasteiger partial charge in [0.05, 0.1) is 11.8 Å². The predicted octanol–water partition coefficient (Wildman–Crippen LogP) is 0.830. The Kier molecular flexibility index (Phi) is 6.98. The minimum Gasteiger partial charge on any atom is -0.440 e. The Bertz CT molecular complexity index is 693. The van der Waals surface area contributed by atoms with Gasteiger partial charge in [0.1, 0.15) is 5.76 Å². The first-order valence-electron chi connectivity index (χ1n) is 8.31. The van der Waals surface area contributed by atoms with E-state index in [4.69, 9.17) is 4.42 Å². The van der Waals surface area contributed by atoms with E-state index in [2.05, 4.69) is 25.6 Å². The highest BCUT2D eigenvalue weighted by Crippen LogP contribution is 2.20. The number of halogens is 1. The van der Waals surface area contributed by atoms with Crippen LogP contribution in [0.15, 0.2) is 16.8 Å². The number of oxazole rings is 1. The van der Waals surface area contributed by atoms with Crippen molar-refractivity contribution in [3.63, 3.8) is 0 Å². The van der Waals surface area contributed by atoms with Gasteiger partial charge < -0.3 is 20.0 Å². The molecule has 3 heterocycles. The third kappa shape index (κ3) is 5.04. The summed E-state index contributed by atoms with van der Waals surface area (Å²) in [4.78, 5) is 19.0. The maximum atomic E-state index is 12.3. The highest BCUT2D eigenvalue weighted by molar-refractivity contribution is 5.93. The zero-order valence-corrected chi connectivity index (χ0v) is 15.4. The van der Waals surface area contributed by atoms with Crippen LogP contribution in [0, 0.1) is 6.92 Å². The quantitative estimate of drug-likeness (QED) is 0.734. The number of amides is 1. The number of aromatic nitrogens is 3. The van der Waals surface area contributed by atoms with Crippen LogP contribution in [-0.4, -0.2) is 64.8 Å². The average molecular weight is 369 g/mol. The maximum Gasteiger partial charge on any atom is 0.273 e. The summed E-state index contributed by atoms with van der Waals surface area (Å²) in [6.07, 6.45) is 4.40. The van der Waals surface area contributed by atoms with E-state index >= 15 is 0 Å². The lowest BCUT2D eigenvalue weighted by molar-refractivity contribution is 0.0945. The molecule has 1 aliphatic heterocycles. The van der Waals surface area contributed by atoms with Crippen LogP contribution in [0.25, 0.3) is 11.5 Å². The van der Waals surface area contributed by atoms with Gasteiger partial charge in [-0.25, -0.2) is 4.98 Å². The zero-order valence-electron chi connectivity index (χ0n) is 14.6. The lowest BCUT2D eigenvalue weighted by Crippen LogP contribution is -2.44. The smallest absolute Gasteiger partial charge is 0.273 e. The van der Waals surface area contributed by atoms with Crippen LogP contribution in [0.3, 0.4) is 0 Å². The van der Waals surface area contributed by atoms with Crippen molar-refractivity contribution < 1.29 is 9.21 Å². The van der Waals surface area contributed by atoms with Gasteiger partial charge >= 0.3 is 0 Å². The first-order chi connectivity index (χ1) is 11.6. The van der Waals surface area contributed by atoms with E-state index in [0.717, 1.165) is 44.7 Å². The van der Waals surface area contributed by atoms with E-state index in [1.165, 1.54) is 0 Å². The SMILES string of the molecule is Cc1oc(-c2cnn(C)c2)nc1C(=O)NCCCN1CCNCC1.Cl. The highest BCUT2D eigenvalue weighted by atomic mass is 35.5. The van der Waals surface area contributed by atoms with E-state index in [0.29, 0.717) is 23.9 Å². The van der Waals surface area contributed by atoms with Crippen molar-refractivity contribution in [1.29, 1.82) is 0 Å². The van der Waals surface area contributed by atoms with Crippen molar-refractivity contribution in [2.45, 2.75) is 13.3 Å². The van der Waals surface area contributed by atoms with E-state index in [-0.39, 0.29) is 18.3 Å². The molecular formula is C16H25ClN6O2. The Morgan fingerprint density at radius 3 is 2.84 bits per heavy atom. The van der Waals surface area contributed by atoms with Gasteiger partial charge in [-0.15, -0.1) is 12.4 Å². The molecule has 0 unspecified atom stereocenters. The van der Waals surface area contributed by atoms with Gasteiger partial charge in [-0.2, -0.15) is 5.10 Å². The molecule has 0 atom stereocenters. The van der Waals surface area contributed by atoms with Crippen LogP contribution in [0.1, 0.15) is 22.7 Å². The lowest BCUT2D eigenvalue weighted by atomic mass is 10.3. The molecule has 2 aromatic heterocycles. The fraction of sp³-hybridized carbons (Fsp3) is 0.562. The lowest BCUT2D eigenvalue weighted by Gasteiger charge is -2.26. The largest absolute Gasteiger partial charge is 0.440 e. The predicted molar refractivity (Wildman–Crippen MR) is 96.9 cm³/mol. The van der Waals surface area contributed by atoms with Crippen molar-refractivity contribution in [1.82, 2.24) is 30.3 Å². The minimum absolute atomic E-state index is 0. The van der Waals surface area contributed by atoms with Gasteiger partial charge in [-0.05, 0) is 19.9 Å². The Morgan fingerprint density at radius 1 is 1.40 bits per heavy atom. The molecular weight excluding hydrogens is 344 g/mol. The van der Waals surface area contributed by atoms with Crippen LogP contribution in [0.5, 0.6) is 0 Å². The summed E-state index contributed by atoms with van der Waals surface area (Å²) < 4.78 is 7.27. The highest BCUT2D eigenvalue weighted by Gasteiger charge is 2.18. The Morgan fingerprint density at radius 2 is 2.16 bits per heavy atom. The van der Waals surface area contributed by atoms with Crippen LogP contribution < -0.4 is 10.6 Å². The molecule has 1 saturated heterocycles. The van der Waals surface area contributed by atoms with E-state index in [1.54, 1.807) is 24.0 Å². The van der Waals surface area contributed by atoms with E-state index in [9.17, 15) is 4.79 Å². The first-order valence-corrected chi connectivity index (χ1v) is 8.31. The molecule has 1 aliphatic rings. The summed E-state index contributed by atoms with van der Waals surface area (Å²) >= 11 is 0. The van der Waals surface area contributed by atoms with Crippen molar-refractivity contribution in [2.75, 3.05) is 39.3 Å². The summed E-state index contributed by atoms with van der Waals surface area (Å²) in [5.74, 6) is 0.756. The molecule has 0 spiro atoms. The minimum atomic E-state index is -0.188. The summed E-state index contributed by atoms with van der Waals surface area (Å²) in [7, 11) is 1.82. The Balaban J connectivity index is 0.00000225. The second-order valence-electron chi connectivity index (χ2n) is 6.03. The maximum absolute atomic E-state index is 12.3. The number of piperazine rings is 1. The van der Waals surface area contributed by atoms with Crippen molar-refractivity contribution in [3.8, 4) is 11.5 Å². The van der Waals surface area contributed by atoms with Crippen LogP contribution in [0.4, 0.5) is 0 Å². The average Bonchev–Trinajstić information content (AvgIpc) is 3.18. The molecule has 8 nitrogen and oxygen atoms in total. The van der Waals surface area contributed by atoms with Gasteiger partial charge in [0.2, 0.25) is 5.89 Å². The molecule has 138 valence electrons. The summed E-state index contributed by atoms with van der Waals surface area (Å²) in [5, 5.41) is 10.3. The molecule has 2 N–H and O–H groups in total. The molecule has 0 saturated carbocycles. The normalized spacial score (nSPS) is 15.0. The Hall–Kier alpha value is -1.90. The number of hydrogen-bond acceptors (Lipinski definition) is 6. The third-order valence-corrected chi connectivity index (χ3v) is 4.11. The molecule has 0 bridgehead atoms. The molecule has 0 aromatic carbocycles. The number of carbonyl (C=O) groups excluding carboxylic acids is 1. The van der Waals surface area contributed by atoms with Crippen LogP contribution >= 0.6 is 12.4 Å². The van der Waals surface area contributed by atoms with E-state index in [1.807, 2.05) is 7.05 Å². The molecule has 9 heteroatoms. The second kappa shape index (κ2) is 8.98. The number of carbonyl (C=O) groups is 1. The number of rotatable bonds is 6. The zero-order chi connectivity index (χ0) is 16.9. The molecule has 2 aromatic rings. The van der Waals surface area contributed by atoms with Gasteiger partial charge in [0, 0.05) is 46.0 Å². The van der Waals surface area contributed by atoms with Crippen LogP contribution in [0.2, 0.25) is 0 Å². The number of aryl methyl sites for hydroxylation is 2. The third-order valence-electron chi connectivity index (χ3n) is 4.11. The van der Waals surface area contributed by atoms with Crippen molar-refractivity contribution in [3.05, 3.63) is 23.8 Å². The topological polar surface area (TPSA) is 88.2 Å². The van der Waals surface area contributed by atoms with E-state index < -0.39 is 0 Å². The molecule has 1 fully saturated rings. The molecule has 3 rings (SSSR count). The number of nitrogens with one attached hydrogen (secondary N) is 2. The molecule has 1 amide bonds. The first kappa shape index (κ1) is 19.4. The second-order valence-corrected chi connectivity index (χ2v) is 6.03. The summed E-state index contributed by atoms with van der Waals surface area (Å²) in [6, 6.07) is 0. The standard InChI is InChI=1S/C16H24N6O2.ClH/c1-12-14(20-16(24-12)13-10-19-21(2)11-13)15(23)18-4-3-7-22-8-5-17-6-9-22;/h10-11,17H,3-9H2,1-2H3,(H,18,23);1H. The van der Waals surface area contributed by atoms with Crippen molar-refractivity contribution >= 4 is 18.3 Å². The van der Waals surface area contributed by atoms with Gasteiger partial charge in [-0.3, -0.25) is 9.48 Å². The summed E-state index contributed by atoms with van der Waals surface area (Å²) in [5.41, 5.74) is 1.11. The fourth-order valence-corrected chi connectivity index (χ4v) is 2.79. The fourth-order valence-electron chi connectivity index (χ4n) is 2.79. The van der Waals surface area contributed by atoms with Crippen molar-refractivity contribution in [2.24, 2.45) is 7.05 Å². The Labute approximate surface area is 153 Å². The van der Waals surface area contributed by atoms with Gasteiger partial charge in [0.25, 0.3) is 5.91 Å². The summed E-state index contributed by atoms with van der Waals surface area (Å²) in [6.45, 7) is 7.62. The molecule has 25 heavy (non-hydrogen) atoms. The number of hydrogen-bond donors (Lipinski definition) is 2. The van der Waals surface area contributed by atoms with Crippen LogP contribution in [-0.2, 0) is 7.05 Å². The number of nitrogens with zero attached hydrogens (tertiary/aromatic N) is 4. The monoisotopic (exact) mass is 368 g/mol. The van der Waals surface area contributed by atoms with Gasteiger partial charge in [0.15, 0.2) is 5.69 Å².